The molecule has 1 aliphatic carbocycles. The lowest BCUT2D eigenvalue weighted by atomic mass is 10.0. The Morgan fingerprint density at radius 3 is 2.62 bits per heavy atom. The number of halogens is 2. The van der Waals surface area contributed by atoms with E-state index in [1.54, 1.807) is 6.07 Å². The van der Waals surface area contributed by atoms with Crippen molar-refractivity contribution < 1.29 is 9.57 Å². The standard InChI is InChI=1S/C20H20Cl2N2O2/c1-24(2)8-9-25-23-19-14-10-16(21)17(22)11-18(14)26-20(12-15(19)20)13-6-4-3-5-7-13/h3-7,10-11,23H,8-9,12H2,1-2H3. The molecule has 1 fully saturated rings. The summed E-state index contributed by atoms with van der Waals surface area (Å²) in [6.45, 7) is 1.39. The predicted molar refractivity (Wildman–Crippen MR) is 104 cm³/mol. The van der Waals surface area contributed by atoms with Crippen LogP contribution in [0.5, 0.6) is 5.75 Å². The van der Waals surface area contributed by atoms with Crippen LogP contribution in [0.2, 0.25) is 10.0 Å². The van der Waals surface area contributed by atoms with E-state index in [2.05, 4.69) is 22.5 Å². The fraction of sp³-hybridized carbons (Fsp3) is 0.300. The molecular formula is C20H20Cl2N2O2. The Hall–Kier alpha value is -1.72. The Balaban J connectivity index is 1.70. The summed E-state index contributed by atoms with van der Waals surface area (Å²) < 4.78 is 6.39. The van der Waals surface area contributed by atoms with Crippen LogP contribution in [0.1, 0.15) is 17.5 Å². The van der Waals surface area contributed by atoms with Crippen LogP contribution in [0.3, 0.4) is 0 Å². The molecule has 4 rings (SSSR count). The molecule has 1 aliphatic heterocycles. The maximum Gasteiger partial charge on any atom is 0.162 e. The largest absolute Gasteiger partial charge is 0.477 e. The number of likely N-dealkylation sites (N-methyl/N-ethyl adjacent to an activating group) is 1. The lowest BCUT2D eigenvalue weighted by Crippen LogP contribution is -2.26. The van der Waals surface area contributed by atoms with Gasteiger partial charge in [-0.2, -0.15) is 0 Å². The van der Waals surface area contributed by atoms with Crippen molar-refractivity contribution in [2.45, 2.75) is 12.0 Å². The van der Waals surface area contributed by atoms with Gasteiger partial charge in [0, 0.05) is 35.7 Å². The monoisotopic (exact) mass is 390 g/mol. The molecule has 2 aliphatic rings. The fourth-order valence-electron chi connectivity index (χ4n) is 3.26. The molecule has 1 N–H and O–H groups in total. The lowest BCUT2D eigenvalue weighted by Gasteiger charge is -2.27. The van der Waals surface area contributed by atoms with E-state index in [0.717, 1.165) is 29.8 Å². The van der Waals surface area contributed by atoms with Gasteiger partial charge in [0.2, 0.25) is 0 Å². The van der Waals surface area contributed by atoms with E-state index in [4.69, 9.17) is 32.8 Å². The van der Waals surface area contributed by atoms with Crippen LogP contribution in [0.15, 0.2) is 48.0 Å². The minimum atomic E-state index is -0.446. The van der Waals surface area contributed by atoms with Gasteiger partial charge in [0.05, 0.1) is 22.3 Å². The quantitative estimate of drug-likeness (QED) is 0.582. The summed E-state index contributed by atoms with van der Waals surface area (Å²) in [5.74, 6) is 0.711. The third kappa shape index (κ3) is 3.08. The first kappa shape index (κ1) is 17.7. The van der Waals surface area contributed by atoms with Crippen molar-refractivity contribution in [3.63, 3.8) is 0 Å². The van der Waals surface area contributed by atoms with Crippen LogP contribution in [0, 0.1) is 0 Å². The number of hydrogen-bond donors (Lipinski definition) is 1. The van der Waals surface area contributed by atoms with Gasteiger partial charge in [-0.05, 0) is 20.2 Å². The summed E-state index contributed by atoms with van der Waals surface area (Å²) >= 11 is 12.5. The Bertz CT molecular complexity index is 868. The second-order valence-corrected chi connectivity index (χ2v) is 7.66. The van der Waals surface area contributed by atoms with Gasteiger partial charge in [0.25, 0.3) is 0 Å². The molecule has 136 valence electrons. The molecule has 0 aromatic heterocycles. The summed E-state index contributed by atoms with van der Waals surface area (Å²) in [5.41, 5.74) is 6.78. The molecule has 2 aromatic carbocycles. The molecule has 1 unspecified atom stereocenters. The molecule has 1 atom stereocenters. The van der Waals surface area contributed by atoms with E-state index in [-0.39, 0.29) is 0 Å². The smallest absolute Gasteiger partial charge is 0.162 e. The number of benzene rings is 2. The SMILES string of the molecule is CN(C)CCONC1=C2CC2(c2ccccc2)Oc2cc(Cl)c(Cl)cc21. The van der Waals surface area contributed by atoms with Crippen LogP contribution in [-0.4, -0.2) is 32.1 Å². The third-order valence-corrected chi connectivity index (χ3v) is 5.44. The van der Waals surface area contributed by atoms with Gasteiger partial charge in [-0.25, -0.2) is 0 Å². The van der Waals surface area contributed by atoms with Gasteiger partial charge in [-0.3, -0.25) is 10.3 Å². The fourth-order valence-corrected chi connectivity index (χ4v) is 3.58. The van der Waals surface area contributed by atoms with Crippen LogP contribution in [0.4, 0.5) is 0 Å². The van der Waals surface area contributed by atoms with E-state index in [1.165, 1.54) is 5.57 Å². The maximum atomic E-state index is 6.39. The van der Waals surface area contributed by atoms with Crippen molar-refractivity contribution in [1.29, 1.82) is 0 Å². The molecule has 0 amide bonds. The number of rotatable bonds is 6. The van der Waals surface area contributed by atoms with E-state index in [1.807, 2.05) is 38.4 Å². The molecular weight excluding hydrogens is 371 g/mol. The first-order valence-electron chi connectivity index (χ1n) is 8.51. The Morgan fingerprint density at radius 1 is 1.15 bits per heavy atom. The summed E-state index contributed by atoms with van der Waals surface area (Å²) in [6.07, 6.45) is 0.806. The predicted octanol–water partition coefficient (Wildman–Crippen LogP) is 4.48. The zero-order valence-corrected chi connectivity index (χ0v) is 16.2. The van der Waals surface area contributed by atoms with Gasteiger partial charge < -0.3 is 9.64 Å². The third-order valence-electron chi connectivity index (χ3n) is 4.72. The normalized spacial score (nSPS) is 20.5. The molecule has 0 radical (unpaired) electrons. The number of nitrogens with one attached hydrogen (secondary N) is 1. The van der Waals surface area contributed by atoms with E-state index < -0.39 is 5.60 Å². The topological polar surface area (TPSA) is 33.7 Å². The highest BCUT2D eigenvalue weighted by atomic mass is 35.5. The van der Waals surface area contributed by atoms with Gasteiger partial charge in [0.15, 0.2) is 5.60 Å². The second-order valence-electron chi connectivity index (χ2n) is 6.84. The van der Waals surface area contributed by atoms with Crippen LogP contribution in [-0.2, 0) is 10.4 Å². The Kier molecular flexibility index (Phi) is 4.61. The summed E-state index contributed by atoms with van der Waals surface area (Å²) in [6, 6.07) is 13.8. The van der Waals surface area contributed by atoms with Gasteiger partial charge in [-0.1, -0.05) is 53.5 Å². The van der Waals surface area contributed by atoms with Crippen molar-refractivity contribution in [1.82, 2.24) is 10.4 Å². The van der Waals surface area contributed by atoms with Crippen molar-refractivity contribution in [2.24, 2.45) is 0 Å². The zero-order chi connectivity index (χ0) is 18.3. The number of ether oxygens (including phenoxy) is 1. The highest BCUT2D eigenvalue weighted by molar-refractivity contribution is 6.42. The number of fused-ring (bicyclic) bond motifs is 2. The maximum absolute atomic E-state index is 6.39. The minimum Gasteiger partial charge on any atom is -0.477 e. The Morgan fingerprint density at radius 2 is 1.88 bits per heavy atom. The van der Waals surface area contributed by atoms with Crippen molar-refractivity contribution in [2.75, 3.05) is 27.2 Å². The summed E-state index contributed by atoms with van der Waals surface area (Å²) in [7, 11) is 4.02. The molecule has 2 aromatic rings. The highest BCUT2D eigenvalue weighted by Gasteiger charge is 2.58. The minimum absolute atomic E-state index is 0.446. The van der Waals surface area contributed by atoms with E-state index >= 15 is 0 Å². The number of nitrogens with zero attached hydrogens (tertiary/aromatic N) is 1. The summed E-state index contributed by atoms with van der Waals surface area (Å²) in [5, 5.41) is 0.973. The lowest BCUT2D eigenvalue weighted by molar-refractivity contribution is 0.0651. The molecule has 6 heteroatoms. The molecule has 0 bridgehead atoms. The average molecular weight is 391 g/mol. The second kappa shape index (κ2) is 6.78. The van der Waals surface area contributed by atoms with Crippen LogP contribution in [0.25, 0.3) is 5.70 Å². The average Bonchev–Trinajstić information content (AvgIpc) is 3.35. The van der Waals surface area contributed by atoms with Crippen LogP contribution >= 0.6 is 23.2 Å². The van der Waals surface area contributed by atoms with Gasteiger partial charge in [0.1, 0.15) is 5.75 Å². The number of hydrogen-bond acceptors (Lipinski definition) is 4. The summed E-state index contributed by atoms with van der Waals surface area (Å²) in [4.78, 5) is 7.78. The van der Waals surface area contributed by atoms with E-state index in [0.29, 0.717) is 22.4 Å². The molecule has 4 nitrogen and oxygen atoms in total. The first-order valence-corrected chi connectivity index (χ1v) is 9.27. The highest BCUT2D eigenvalue weighted by Crippen LogP contribution is 2.61. The molecule has 0 spiro atoms. The Labute approximate surface area is 163 Å². The van der Waals surface area contributed by atoms with Gasteiger partial charge >= 0.3 is 0 Å². The molecule has 0 saturated heterocycles. The zero-order valence-electron chi connectivity index (χ0n) is 14.7. The van der Waals surface area contributed by atoms with Crippen LogP contribution < -0.4 is 10.2 Å². The van der Waals surface area contributed by atoms with Crippen molar-refractivity contribution >= 4 is 28.9 Å². The van der Waals surface area contributed by atoms with Crippen molar-refractivity contribution in [3.8, 4) is 5.75 Å². The van der Waals surface area contributed by atoms with E-state index in [9.17, 15) is 0 Å². The first-order chi connectivity index (χ1) is 12.5. The molecule has 1 heterocycles. The molecule has 1 saturated carbocycles. The molecule has 26 heavy (non-hydrogen) atoms. The van der Waals surface area contributed by atoms with Gasteiger partial charge in [-0.15, -0.1) is 0 Å². The number of hydroxylamine groups is 1. The van der Waals surface area contributed by atoms with Crippen molar-refractivity contribution in [3.05, 3.63) is 69.2 Å².